The van der Waals surface area contributed by atoms with Crippen LogP contribution < -0.4 is 10.6 Å². The molecule has 32 heavy (non-hydrogen) atoms. The number of benzene rings is 1. The van der Waals surface area contributed by atoms with Crippen LogP contribution in [0.5, 0.6) is 0 Å². The molecule has 1 aliphatic carbocycles. The van der Waals surface area contributed by atoms with Crippen molar-refractivity contribution in [3.63, 3.8) is 0 Å². The van der Waals surface area contributed by atoms with Crippen LogP contribution in [-0.4, -0.2) is 29.4 Å². The second-order valence-electron chi connectivity index (χ2n) is 8.86. The number of nitrogens with zero attached hydrogens (tertiary/aromatic N) is 2. The molecule has 0 bridgehead atoms. The van der Waals surface area contributed by atoms with Crippen molar-refractivity contribution in [2.75, 3.05) is 6.54 Å². The summed E-state index contributed by atoms with van der Waals surface area (Å²) in [7, 11) is 0. The van der Waals surface area contributed by atoms with Crippen LogP contribution in [-0.2, 0) is 16.0 Å². The van der Waals surface area contributed by atoms with Crippen LogP contribution in [0.4, 0.5) is 0 Å². The minimum Gasteiger partial charge on any atom is -0.351 e. The highest BCUT2D eigenvalue weighted by Gasteiger charge is 2.26. The fourth-order valence-corrected chi connectivity index (χ4v) is 5.20. The van der Waals surface area contributed by atoms with E-state index in [0.717, 1.165) is 40.9 Å². The summed E-state index contributed by atoms with van der Waals surface area (Å²) >= 11 is 1.65. The van der Waals surface area contributed by atoms with Crippen LogP contribution in [0.2, 0.25) is 0 Å². The summed E-state index contributed by atoms with van der Waals surface area (Å²) in [6, 6.07) is 8.00. The van der Waals surface area contributed by atoms with Gasteiger partial charge in [-0.3, -0.25) is 9.59 Å². The first kappa shape index (κ1) is 23.9. The third-order valence-electron chi connectivity index (χ3n) is 6.15. The molecule has 1 saturated carbocycles. The van der Waals surface area contributed by atoms with E-state index >= 15 is 0 Å². The van der Waals surface area contributed by atoms with Crippen LogP contribution in [0, 0.1) is 17.2 Å². The molecule has 2 N–H and O–H groups in total. The molecule has 1 heterocycles. The number of thiazole rings is 1. The lowest BCUT2D eigenvalue weighted by atomic mass is 9.83. The molecule has 6 nitrogen and oxygen atoms in total. The fourth-order valence-electron chi connectivity index (χ4n) is 4.19. The van der Waals surface area contributed by atoms with Crippen molar-refractivity contribution in [1.82, 2.24) is 15.6 Å². The number of rotatable bonds is 9. The number of aromatic nitrogens is 1. The number of hydrogen-bond donors (Lipinski definition) is 2. The third-order valence-corrected chi connectivity index (χ3v) is 7.22. The maximum absolute atomic E-state index is 12.7. The number of aryl methyl sites for hydroxylation is 1. The molecular weight excluding hydrogens is 420 g/mol. The third kappa shape index (κ3) is 6.39. The maximum Gasteiger partial charge on any atom is 0.261 e. The van der Waals surface area contributed by atoms with Gasteiger partial charge >= 0.3 is 0 Å². The van der Waals surface area contributed by atoms with Gasteiger partial charge in [0.25, 0.3) is 5.91 Å². The normalized spacial score (nSPS) is 15.3. The zero-order valence-electron chi connectivity index (χ0n) is 18.9. The van der Waals surface area contributed by atoms with Crippen molar-refractivity contribution in [1.29, 1.82) is 5.26 Å². The van der Waals surface area contributed by atoms with Gasteiger partial charge in [-0.25, -0.2) is 4.98 Å². The summed E-state index contributed by atoms with van der Waals surface area (Å²) in [5, 5.41) is 15.7. The van der Waals surface area contributed by atoms with Crippen LogP contribution in [0.1, 0.15) is 68.9 Å². The number of hydrogen-bond acceptors (Lipinski definition) is 5. The van der Waals surface area contributed by atoms with Gasteiger partial charge in [-0.15, -0.1) is 11.3 Å². The maximum atomic E-state index is 12.7. The number of amides is 2. The van der Waals surface area contributed by atoms with E-state index in [1.165, 1.54) is 12.0 Å². The minimum atomic E-state index is -0.474. The predicted octanol–water partition coefficient (Wildman–Crippen LogP) is 4.61. The Balaban J connectivity index is 1.59. The quantitative estimate of drug-likeness (QED) is 0.429. The number of nitrogens with one attached hydrogen (secondary N) is 2. The summed E-state index contributed by atoms with van der Waals surface area (Å²) in [6.45, 7) is 8.12. The second-order valence-corrected chi connectivity index (χ2v) is 9.98. The Morgan fingerprint density at radius 3 is 2.72 bits per heavy atom. The van der Waals surface area contributed by atoms with Crippen molar-refractivity contribution in [2.45, 2.75) is 70.8 Å². The average Bonchev–Trinajstić information content (AvgIpc) is 3.22. The van der Waals surface area contributed by atoms with Crippen LogP contribution >= 0.6 is 11.3 Å². The number of carbonyl (C=O) groups is 2. The fraction of sp³-hybridized carbons (Fsp3) is 0.520. The second kappa shape index (κ2) is 11.2. The first-order chi connectivity index (χ1) is 15.4. The molecule has 0 aliphatic heterocycles. The minimum absolute atomic E-state index is 0.0314. The zero-order chi connectivity index (χ0) is 23.1. The van der Waals surface area contributed by atoms with E-state index in [0.29, 0.717) is 31.2 Å². The van der Waals surface area contributed by atoms with Crippen LogP contribution in [0.25, 0.3) is 10.2 Å². The summed E-state index contributed by atoms with van der Waals surface area (Å²) in [5.74, 6) is 0.299. The zero-order valence-corrected chi connectivity index (χ0v) is 19.8. The van der Waals surface area contributed by atoms with Crippen molar-refractivity contribution in [2.24, 2.45) is 5.92 Å². The van der Waals surface area contributed by atoms with Gasteiger partial charge in [0.15, 0.2) is 0 Å². The van der Waals surface area contributed by atoms with Crippen molar-refractivity contribution in [3.05, 3.63) is 40.9 Å². The highest BCUT2D eigenvalue weighted by molar-refractivity contribution is 7.18. The molecule has 0 saturated heterocycles. The molecular formula is C25H32N4O2S. The van der Waals surface area contributed by atoms with Crippen molar-refractivity contribution >= 4 is 33.4 Å². The van der Waals surface area contributed by atoms with Gasteiger partial charge in [0.2, 0.25) is 5.91 Å². The number of fused-ring (bicyclic) bond motifs is 1. The Bertz CT molecular complexity index is 1010. The molecule has 170 valence electrons. The Kier molecular flexibility index (Phi) is 8.40. The highest BCUT2D eigenvalue weighted by Crippen LogP contribution is 2.28. The SMILES string of the molecule is C=C(C#N)C(=O)NCC(NC(=O)CCc1nc2ccc(C(C)C)cc2s1)C1CCCCC1. The molecule has 1 atom stereocenters. The summed E-state index contributed by atoms with van der Waals surface area (Å²) in [4.78, 5) is 29.4. The van der Waals surface area contributed by atoms with Gasteiger partial charge in [-0.05, 0) is 42.4 Å². The smallest absolute Gasteiger partial charge is 0.261 e. The lowest BCUT2D eigenvalue weighted by molar-refractivity contribution is -0.123. The van der Waals surface area contributed by atoms with Gasteiger partial charge in [-0.2, -0.15) is 5.26 Å². The Morgan fingerprint density at radius 1 is 1.28 bits per heavy atom. The lowest BCUT2D eigenvalue weighted by Gasteiger charge is -2.31. The standard InChI is InChI=1S/C25H32N4O2S/c1-16(2)19-9-10-20-22(13-19)32-24(29-20)12-11-23(30)28-21(18-7-5-4-6-8-18)15-27-25(31)17(3)14-26/h9-10,13,16,18,21H,3-8,11-12,15H2,1-2H3,(H,27,31)(H,28,30). The predicted molar refractivity (Wildman–Crippen MR) is 128 cm³/mol. The summed E-state index contributed by atoms with van der Waals surface area (Å²) < 4.78 is 1.16. The Labute approximate surface area is 194 Å². The number of carbonyl (C=O) groups excluding carboxylic acids is 2. The monoisotopic (exact) mass is 452 g/mol. The van der Waals surface area contributed by atoms with E-state index in [4.69, 9.17) is 5.26 Å². The van der Waals surface area contributed by atoms with Gasteiger partial charge in [0.05, 0.1) is 15.2 Å². The molecule has 1 aromatic carbocycles. The number of nitriles is 1. The molecule has 0 spiro atoms. The van der Waals surface area contributed by atoms with E-state index in [2.05, 4.69) is 54.2 Å². The van der Waals surface area contributed by atoms with E-state index in [1.807, 2.05) is 0 Å². The van der Waals surface area contributed by atoms with Crippen molar-refractivity contribution < 1.29 is 9.59 Å². The van der Waals surface area contributed by atoms with Crippen molar-refractivity contribution in [3.8, 4) is 6.07 Å². The molecule has 0 radical (unpaired) electrons. The lowest BCUT2D eigenvalue weighted by Crippen LogP contribution is -2.48. The molecule has 1 fully saturated rings. The van der Waals surface area contributed by atoms with E-state index in [9.17, 15) is 9.59 Å². The topological polar surface area (TPSA) is 94.9 Å². The average molecular weight is 453 g/mol. The first-order valence-electron chi connectivity index (χ1n) is 11.4. The molecule has 2 amide bonds. The van der Waals surface area contributed by atoms with Gasteiger partial charge in [0, 0.05) is 25.4 Å². The Hall–Kier alpha value is -2.72. The molecule has 3 rings (SSSR count). The van der Waals surface area contributed by atoms with Crippen LogP contribution in [0.15, 0.2) is 30.4 Å². The van der Waals surface area contributed by atoms with Gasteiger partial charge in [-0.1, -0.05) is 45.8 Å². The largest absolute Gasteiger partial charge is 0.351 e. The highest BCUT2D eigenvalue weighted by atomic mass is 32.1. The molecule has 1 aliphatic rings. The Morgan fingerprint density at radius 2 is 2.03 bits per heavy atom. The molecule has 1 aromatic heterocycles. The summed E-state index contributed by atoms with van der Waals surface area (Å²) in [6.07, 6.45) is 6.52. The summed E-state index contributed by atoms with van der Waals surface area (Å²) in [5.41, 5.74) is 2.16. The van der Waals surface area contributed by atoms with E-state index < -0.39 is 5.91 Å². The van der Waals surface area contributed by atoms with Gasteiger partial charge < -0.3 is 10.6 Å². The van der Waals surface area contributed by atoms with E-state index in [-0.39, 0.29) is 17.5 Å². The van der Waals surface area contributed by atoms with Crippen LogP contribution in [0.3, 0.4) is 0 Å². The molecule has 2 aromatic rings. The molecule has 1 unspecified atom stereocenters. The first-order valence-corrected chi connectivity index (χ1v) is 12.2. The van der Waals surface area contributed by atoms with E-state index in [1.54, 1.807) is 17.4 Å². The van der Waals surface area contributed by atoms with Gasteiger partial charge in [0.1, 0.15) is 11.6 Å². The molecule has 7 heteroatoms.